The Bertz CT molecular complexity index is 1420. The average molecular weight is 763 g/mol. The summed E-state index contributed by atoms with van der Waals surface area (Å²) in [5.74, 6) is -1.26. The van der Waals surface area contributed by atoms with Crippen molar-refractivity contribution in [1.29, 1.82) is 0 Å². The van der Waals surface area contributed by atoms with Gasteiger partial charge in [0.1, 0.15) is 40.9 Å². The van der Waals surface area contributed by atoms with E-state index in [4.69, 9.17) is 9.47 Å². The highest BCUT2D eigenvalue weighted by atomic mass is 33.1. The van der Waals surface area contributed by atoms with Crippen molar-refractivity contribution >= 4 is 33.2 Å². The number of aliphatic hydroxyl groups excluding tert-OH is 4. The molecule has 5 aliphatic carbocycles. The van der Waals surface area contributed by atoms with Crippen LogP contribution in [0.1, 0.15) is 96.3 Å². The van der Waals surface area contributed by atoms with Crippen molar-refractivity contribution in [3.63, 3.8) is 0 Å². The lowest BCUT2D eigenvalue weighted by Crippen LogP contribution is -2.70. The zero-order valence-corrected chi connectivity index (χ0v) is 31.8. The Morgan fingerprint density at radius 3 is 2.46 bits per heavy atom. The largest absolute Gasteiger partial charge is 0.511 e. The van der Waals surface area contributed by atoms with Gasteiger partial charge < -0.3 is 40.3 Å². The number of fused-ring (bicyclic) bond motifs is 5. The van der Waals surface area contributed by atoms with Gasteiger partial charge in [-0.2, -0.15) is 0 Å². The van der Waals surface area contributed by atoms with Gasteiger partial charge in [0.15, 0.2) is 12.1 Å². The monoisotopic (exact) mass is 762 g/mol. The predicted molar refractivity (Wildman–Crippen MR) is 198 cm³/mol. The Hall–Kier alpha value is -1.00. The van der Waals surface area contributed by atoms with E-state index in [1.165, 1.54) is 17.2 Å². The van der Waals surface area contributed by atoms with Gasteiger partial charge in [0, 0.05) is 11.7 Å². The van der Waals surface area contributed by atoms with Crippen LogP contribution in [0.2, 0.25) is 0 Å². The molecule has 3 heterocycles. The van der Waals surface area contributed by atoms with Gasteiger partial charge in [-0.3, -0.25) is 14.9 Å². The van der Waals surface area contributed by atoms with Crippen LogP contribution in [0.5, 0.6) is 0 Å². The molecule has 7 fully saturated rings. The fraction of sp³-hybridized carbons (Fsp3) is 0.846. The van der Waals surface area contributed by atoms with Crippen LogP contribution < -0.4 is 10.6 Å². The number of hydrogen-bond acceptors (Lipinski definition) is 13. The number of allylic oxidation sites excluding steroid dienone is 4. The molecule has 7 N–H and O–H groups in total. The van der Waals surface area contributed by atoms with Crippen molar-refractivity contribution in [3.05, 3.63) is 23.5 Å². The maximum atomic E-state index is 15.2. The number of rotatable bonds is 2. The standard InChI is InChI=1S/C39H58N2O9S2/c42-18-28-33(45)39(48)19-37(12-4-5-13-37)24-11-14-40-30(17-24)41-21-52-51-20-38-26(15-23(16-29(38)43)22-7-2-1-3-8-22)32(44)25-9-6-10-27(31(25)34(38)46)49-36(50-28)35(39)47/h15-16,22,24-28,30-31,33,35-36,40-43,45,47-48H,1-14,17-21H2/t24?,25?,26-,27?,28-,30?,31?,33-,35+,36+,38+,39+/m1/s1. The molecule has 3 saturated heterocycles. The number of ketones is 2. The summed E-state index contributed by atoms with van der Waals surface area (Å²) in [6, 6.07) is 0. The second-order valence-electron chi connectivity index (χ2n) is 17.3. The molecule has 2 spiro atoms. The maximum Gasteiger partial charge on any atom is 0.187 e. The lowest BCUT2D eigenvalue weighted by molar-refractivity contribution is -0.350. The number of nitrogens with one attached hydrogen (secondary N) is 2. The second kappa shape index (κ2) is 15.2. The summed E-state index contributed by atoms with van der Waals surface area (Å²) in [6.45, 7) is 0.198. The van der Waals surface area contributed by atoms with Gasteiger partial charge in [0.05, 0.1) is 36.6 Å². The van der Waals surface area contributed by atoms with Gasteiger partial charge in [0.2, 0.25) is 0 Å². The molecule has 12 atom stereocenters. The third-order valence-corrected chi connectivity index (χ3v) is 16.9. The zero-order valence-electron chi connectivity index (χ0n) is 30.1. The molecule has 290 valence electrons. The minimum absolute atomic E-state index is 0.0141. The molecule has 0 aromatic rings. The van der Waals surface area contributed by atoms with Crippen LogP contribution in [-0.4, -0.2) is 104 Å². The molecule has 3 aliphatic heterocycles. The first-order chi connectivity index (χ1) is 25.1. The third kappa shape index (κ3) is 6.38. The molecule has 11 nitrogen and oxygen atoms in total. The van der Waals surface area contributed by atoms with Crippen molar-refractivity contribution in [2.24, 2.45) is 40.4 Å². The fourth-order valence-corrected chi connectivity index (χ4v) is 14.2. The van der Waals surface area contributed by atoms with Gasteiger partial charge >= 0.3 is 0 Å². The summed E-state index contributed by atoms with van der Waals surface area (Å²) in [7, 11) is 3.11. The summed E-state index contributed by atoms with van der Waals surface area (Å²) in [4.78, 5) is 29.9. The summed E-state index contributed by atoms with van der Waals surface area (Å²) >= 11 is 0. The minimum atomic E-state index is -2.04. The van der Waals surface area contributed by atoms with E-state index in [0.29, 0.717) is 25.1 Å². The summed E-state index contributed by atoms with van der Waals surface area (Å²) in [6.07, 6.45) is 9.69. The van der Waals surface area contributed by atoms with Crippen molar-refractivity contribution in [3.8, 4) is 0 Å². The molecule has 6 bridgehead atoms. The molecule has 52 heavy (non-hydrogen) atoms. The molecule has 0 radical (unpaired) electrons. The number of piperidine rings is 1. The van der Waals surface area contributed by atoms with E-state index in [-0.39, 0.29) is 52.9 Å². The highest BCUT2D eigenvalue weighted by Crippen LogP contribution is 2.58. The number of carbonyl (C=O) groups excluding carboxylic acids is 2. The van der Waals surface area contributed by atoms with E-state index >= 15 is 4.79 Å². The van der Waals surface area contributed by atoms with Crippen LogP contribution in [0.3, 0.4) is 0 Å². The van der Waals surface area contributed by atoms with E-state index in [0.717, 1.165) is 76.3 Å². The van der Waals surface area contributed by atoms with E-state index in [1.807, 2.05) is 6.08 Å². The SMILES string of the molecule is O=C1C2CCCC3O[C@H]4O[C@H](CO)[C@@H](O)[C@@](O)(CC5(CCCC5)C5CCNC(C5)NCSSC[C@@]5(C(=O)C32)C(O)=CC(C2CCCCC2)=C[C@H]15)[C@H]4O. The first-order valence-corrected chi connectivity index (χ1v) is 22.5. The molecule has 13 heteroatoms. The number of Topliss-reactive ketones (excluding diaryl/α,β-unsaturated/α-hetero) is 2. The van der Waals surface area contributed by atoms with Crippen molar-refractivity contribution in [1.82, 2.24) is 10.6 Å². The van der Waals surface area contributed by atoms with Crippen LogP contribution in [0.25, 0.3) is 0 Å². The predicted octanol–water partition coefficient (Wildman–Crippen LogP) is 3.89. The number of aliphatic hydroxyl groups is 5. The molecule has 4 saturated carbocycles. The molecule has 8 rings (SSSR count). The van der Waals surface area contributed by atoms with E-state index in [1.54, 1.807) is 16.9 Å². The minimum Gasteiger partial charge on any atom is -0.511 e. The Balaban J connectivity index is 1.17. The molecule has 0 aromatic heterocycles. The van der Waals surface area contributed by atoms with Crippen molar-refractivity contribution < 1.29 is 44.6 Å². The summed E-state index contributed by atoms with van der Waals surface area (Å²) in [5, 5.41) is 65.8. The summed E-state index contributed by atoms with van der Waals surface area (Å²) < 4.78 is 12.6. The number of hydrogen-bond donors (Lipinski definition) is 7. The highest BCUT2D eigenvalue weighted by Gasteiger charge is 2.65. The average Bonchev–Trinajstić information content (AvgIpc) is 3.64. The molecular formula is C39H58N2O9S2. The Kier molecular flexibility index (Phi) is 11.0. The fourth-order valence-electron chi connectivity index (χ4n) is 11.9. The van der Waals surface area contributed by atoms with E-state index in [2.05, 4.69) is 10.6 Å². The lowest BCUT2D eigenvalue weighted by Gasteiger charge is -2.55. The Morgan fingerprint density at radius 2 is 1.69 bits per heavy atom. The van der Waals surface area contributed by atoms with Crippen LogP contribution in [0.15, 0.2) is 23.5 Å². The first-order valence-electron chi connectivity index (χ1n) is 20.0. The first kappa shape index (κ1) is 37.9. The topological polar surface area (TPSA) is 178 Å². The van der Waals surface area contributed by atoms with Gasteiger partial charge in [-0.1, -0.05) is 66.2 Å². The summed E-state index contributed by atoms with van der Waals surface area (Å²) in [5.41, 5.74) is -2.84. The Morgan fingerprint density at radius 1 is 0.904 bits per heavy atom. The lowest BCUT2D eigenvalue weighted by atomic mass is 9.52. The van der Waals surface area contributed by atoms with Crippen molar-refractivity contribution in [2.75, 3.05) is 24.8 Å². The molecule has 0 amide bonds. The van der Waals surface area contributed by atoms with Crippen LogP contribution in [0, 0.1) is 40.4 Å². The van der Waals surface area contributed by atoms with Gasteiger partial charge in [-0.05, 0) is 93.2 Å². The Labute approximate surface area is 314 Å². The van der Waals surface area contributed by atoms with Crippen LogP contribution in [-0.2, 0) is 19.1 Å². The quantitative estimate of drug-likeness (QED) is 0.202. The van der Waals surface area contributed by atoms with Crippen LogP contribution >= 0.6 is 21.6 Å². The highest BCUT2D eigenvalue weighted by molar-refractivity contribution is 8.76. The second-order valence-corrected chi connectivity index (χ2v) is 19.8. The van der Waals surface area contributed by atoms with Gasteiger partial charge in [-0.25, -0.2) is 0 Å². The van der Waals surface area contributed by atoms with Gasteiger partial charge in [0.25, 0.3) is 0 Å². The van der Waals surface area contributed by atoms with Gasteiger partial charge in [-0.15, -0.1) is 0 Å². The number of carbonyl (C=O) groups is 2. The molecule has 8 aliphatic rings. The third-order valence-electron chi connectivity index (χ3n) is 14.7. The number of ether oxygens (including phenoxy) is 2. The normalized spacial score (nSPS) is 46.1. The van der Waals surface area contributed by atoms with Crippen molar-refractivity contribution in [2.45, 2.75) is 139 Å². The smallest absolute Gasteiger partial charge is 0.187 e. The van der Waals surface area contributed by atoms with E-state index in [9.17, 15) is 30.3 Å². The van der Waals surface area contributed by atoms with Crippen LogP contribution in [0.4, 0.5) is 0 Å². The maximum absolute atomic E-state index is 15.2. The molecule has 5 unspecified atom stereocenters. The molecule has 0 aromatic carbocycles. The zero-order chi connectivity index (χ0) is 36.3. The molecular weight excluding hydrogens is 705 g/mol. The van der Waals surface area contributed by atoms with E-state index < -0.39 is 66.1 Å².